The molecule has 0 amide bonds. The van der Waals surface area contributed by atoms with Gasteiger partial charge in [-0.25, -0.2) is 4.98 Å². The van der Waals surface area contributed by atoms with E-state index in [1.807, 2.05) is 0 Å². The Kier molecular flexibility index (Phi) is 4.68. The smallest absolute Gasteiger partial charge is 0.150 e. The van der Waals surface area contributed by atoms with E-state index in [0.717, 1.165) is 16.4 Å². The minimum atomic E-state index is 1.06. The molecule has 0 aliphatic carbocycles. The Balaban J connectivity index is 2.03. The molecular weight excluding hydrogens is 248 g/mol. The molecule has 92 valence electrons. The predicted octanol–water partition coefficient (Wildman–Crippen LogP) is 4.62. The van der Waals surface area contributed by atoms with Crippen LogP contribution in [0, 0.1) is 0 Å². The first-order valence-corrected chi connectivity index (χ1v) is 8.06. The van der Waals surface area contributed by atoms with Crippen LogP contribution < -0.4 is 5.32 Å². The Labute approximate surface area is 111 Å². The summed E-state index contributed by atoms with van der Waals surface area (Å²) in [7, 11) is 0. The lowest BCUT2D eigenvalue weighted by Gasteiger charge is -2.05. The van der Waals surface area contributed by atoms with Gasteiger partial charge >= 0.3 is 0 Å². The summed E-state index contributed by atoms with van der Waals surface area (Å²) < 4.78 is 2.41. The van der Waals surface area contributed by atoms with E-state index in [0.29, 0.717) is 0 Å². The second kappa shape index (κ2) is 6.26. The third-order valence-electron chi connectivity index (χ3n) is 2.65. The molecule has 0 fully saturated rings. The summed E-state index contributed by atoms with van der Waals surface area (Å²) in [6.45, 7) is 3.29. The van der Waals surface area contributed by atoms with Crippen molar-refractivity contribution in [2.24, 2.45) is 0 Å². The maximum absolute atomic E-state index is 4.54. The molecule has 0 saturated heterocycles. The Morgan fingerprint density at radius 3 is 3.00 bits per heavy atom. The normalized spacial score (nSPS) is 10.9. The third-order valence-corrected chi connectivity index (χ3v) is 4.66. The average Bonchev–Trinajstić information content (AvgIpc) is 2.77. The first kappa shape index (κ1) is 12.7. The number of anilines is 1. The highest BCUT2D eigenvalue weighted by Crippen LogP contribution is 2.29. The molecule has 0 atom stereocenters. The fourth-order valence-electron chi connectivity index (χ4n) is 1.71. The van der Waals surface area contributed by atoms with Gasteiger partial charge in [0, 0.05) is 12.2 Å². The maximum Gasteiger partial charge on any atom is 0.150 e. The molecule has 1 N–H and O–H groups in total. The second-order valence-electron chi connectivity index (χ2n) is 4.00. The van der Waals surface area contributed by atoms with Crippen molar-refractivity contribution < 1.29 is 0 Å². The van der Waals surface area contributed by atoms with E-state index in [9.17, 15) is 0 Å². The molecule has 2 nitrogen and oxygen atoms in total. The zero-order valence-electron chi connectivity index (χ0n) is 10.3. The van der Waals surface area contributed by atoms with Crippen LogP contribution in [0.4, 0.5) is 5.69 Å². The molecule has 2 rings (SSSR count). The lowest BCUT2D eigenvalue weighted by atomic mass is 10.2. The van der Waals surface area contributed by atoms with Crippen LogP contribution in [0.2, 0.25) is 0 Å². The highest BCUT2D eigenvalue weighted by atomic mass is 32.2. The Morgan fingerprint density at radius 1 is 1.35 bits per heavy atom. The number of thiazole rings is 1. The number of thioether (sulfide) groups is 1. The number of hydrogen-bond donors (Lipinski definition) is 1. The molecule has 1 heterocycles. The third kappa shape index (κ3) is 3.36. The highest BCUT2D eigenvalue weighted by Gasteiger charge is 2.03. The van der Waals surface area contributed by atoms with Gasteiger partial charge in [-0.2, -0.15) is 0 Å². The minimum Gasteiger partial charge on any atom is -0.385 e. The molecule has 0 aliphatic rings. The summed E-state index contributed by atoms with van der Waals surface area (Å²) in [4.78, 5) is 4.54. The summed E-state index contributed by atoms with van der Waals surface area (Å²) in [5, 5.41) is 3.47. The van der Waals surface area contributed by atoms with Crippen molar-refractivity contribution in [2.45, 2.75) is 30.5 Å². The molecule has 0 aliphatic heterocycles. The van der Waals surface area contributed by atoms with Crippen molar-refractivity contribution in [1.29, 1.82) is 0 Å². The second-order valence-corrected chi connectivity index (χ2v) is 6.08. The van der Waals surface area contributed by atoms with Crippen molar-refractivity contribution in [2.75, 3.05) is 18.1 Å². The SMILES string of the molecule is CCCCCNc1ccc2nc(SC)sc2c1. The molecular formula is C13H18N2S2. The van der Waals surface area contributed by atoms with E-state index < -0.39 is 0 Å². The Bertz CT molecular complexity index is 479. The van der Waals surface area contributed by atoms with Crippen molar-refractivity contribution >= 4 is 39.0 Å². The topological polar surface area (TPSA) is 24.9 Å². The zero-order chi connectivity index (χ0) is 12.1. The van der Waals surface area contributed by atoms with Crippen LogP contribution in [0.25, 0.3) is 10.2 Å². The molecule has 4 heteroatoms. The molecule has 1 aromatic heterocycles. The first-order valence-electron chi connectivity index (χ1n) is 6.02. The van der Waals surface area contributed by atoms with E-state index in [2.05, 4.69) is 41.7 Å². The van der Waals surface area contributed by atoms with Crippen LogP contribution in [-0.2, 0) is 0 Å². The van der Waals surface area contributed by atoms with Crippen molar-refractivity contribution in [3.8, 4) is 0 Å². The lowest BCUT2D eigenvalue weighted by molar-refractivity contribution is 0.744. The molecule has 2 aromatic rings. The van der Waals surface area contributed by atoms with E-state index in [1.54, 1.807) is 23.1 Å². The number of nitrogens with zero attached hydrogens (tertiary/aromatic N) is 1. The van der Waals surface area contributed by atoms with Crippen molar-refractivity contribution in [3.63, 3.8) is 0 Å². The fourth-order valence-corrected chi connectivity index (χ4v) is 3.24. The molecule has 0 radical (unpaired) electrons. The molecule has 0 saturated carbocycles. The highest BCUT2D eigenvalue weighted by molar-refractivity contribution is 8.00. The van der Waals surface area contributed by atoms with E-state index in [4.69, 9.17) is 0 Å². The van der Waals surface area contributed by atoms with Gasteiger partial charge in [-0.05, 0) is 30.9 Å². The Hall–Kier alpha value is -0.740. The summed E-state index contributed by atoms with van der Waals surface area (Å²) >= 11 is 3.48. The number of nitrogens with one attached hydrogen (secondary N) is 1. The molecule has 0 spiro atoms. The summed E-state index contributed by atoms with van der Waals surface area (Å²) in [5.74, 6) is 0. The standard InChI is InChI=1S/C13H18N2S2/c1-3-4-5-8-14-10-6-7-11-12(9-10)17-13(15-11)16-2/h6-7,9,14H,3-5,8H2,1-2H3. The number of benzene rings is 1. The summed E-state index contributed by atoms with van der Waals surface area (Å²) in [6, 6.07) is 6.43. The van der Waals surface area contributed by atoms with Crippen LogP contribution in [-0.4, -0.2) is 17.8 Å². The van der Waals surface area contributed by atoms with E-state index in [-0.39, 0.29) is 0 Å². The molecule has 1 aromatic carbocycles. The maximum atomic E-state index is 4.54. The zero-order valence-corrected chi connectivity index (χ0v) is 12.0. The monoisotopic (exact) mass is 266 g/mol. The van der Waals surface area contributed by atoms with Gasteiger partial charge in [0.15, 0.2) is 4.34 Å². The lowest BCUT2D eigenvalue weighted by Crippen LogP contribution is -2.00. The van der Waals surface area contributed by atoms with Gasteiger partial charge in [-0.15, -0.1) is 11.3 Å². The minimum absolute atomic E-state index is 1.06. The summed E-state index contributed by atoms with van der Waals surface area (Å²) in [6.07, 6.45) is 5.88. The number of rotatable bonds is 6. The van der Waals surface area contributed by atoms with Gasteiger partial charge in [0.1, 0.15) is 0 Å². The first-order chi connectivity index (χ1) is 8.33. The van der Waals surface area contributed by atoms with Crippen molar-refractivity contribution in [1.82, 2.24) is 4.98 Å². The number of aromatic nitrogens is 1. The van der Waals surface area contributed by atoms with Crippen LogP contribution in [0.5, 0.6) is 0 Å². The fraction of sp³-hybridized carbons (Fsp3) is 0.462. The van der Waals surface area contributed by atoms with Crippen molar-refractivity contribution in [3.05, 3.63) is 18.2 Å². The predicted molar refractivity (Wildman–Crippen MR) is 79.4 cm³/mol. The van der Waals surface area contributed by atoms with Gasteiger partial charge in [-0.3, -0.25) is 0 Å². The van der Waals surface area contributed by atoms with Crippen LogP contribution in [0.3, 0.4) is 0 Å². The Morgan fingerprint density at radius 2 is 2.24 bits per heavy atom. The van der Waals surface area contributed by atoms with Gasteiger partial charge in [0.05, 0.1) is 10.2 Å². The molecule has 0 bridgehead atoms. The van der Waals surface area contributed by atoms with Gasteiger partial charge in [0.2, 0.25) is 0 Å². The number of fused-ring (bicyclic) bond motifs is 1. The number of hydrogen-bond acceptors (Lipinski definition) is 4. The average molecular weight is 266 g/mol. The van der Waals surface area contributed by atoms with Crippen LogP contribution in [0.15, 0.2) is 22.5 Å². The van der Waals surface area contributed by atoms with Gasteiger partial charge in [-0.1, -0.05) is 31.5 Å². The largest absolute Gasteiger partial charge is 0.385 e. The van der Waals surface area contributed by atoms with Crippen LogP contribution >= 0.6 is 23.1 Å². The summed E-state index contributed by atoms with van der Waals surface area (Å²) in [5.41, 5.74) is 2.32. The molecule has 0 unspecified atom stereocenters. The quantitative estimate of drug-likeness (QED) is 0.610. The van der Waals surface area contributed by atoms with Crippen LogP contribution in [0.1, 0.15) is 26.2 Å². The van der Waals surface area contributed by atoms with E-state index >= 15 is 0 Å². The van der Waals surface area contributed by atoms with Gasteiger partial charge in [0.25, 0.3) is 0 Å². The molecule has 17 heavy (non-hydrogen) atoms. The number of unbranched alkanes of at least 4 members (excludes halogenated alkanes) is 2. The van der Waals surface area contributed by atoms with Gasteiger partial charge < -0.3 is 5.32 Å². The van der Waals surface area contributed by atoms with E-state index in [1.165, 1.54) is 29.6 Å².